The number of carbonyl (C=O) groups is 2. The van der Waals surface area contributed by atoms with E-state index in [1.807, 2.05) is 6.92 Å². The first-order chi connectivity index (χ1) is 20.0. The van der Waals surface area contributed by atoms with Gasteiger partial charge in [-0.1, -0.05) is 26.7 Å². The Morgan fingerprint density at radius 1 is 0.870 bits per heavy atom. The summed E-state index contributed by atoms with van der Waals surface area (Å²) >= 11 is 0. The van der Waals surface area contributed by atoms with Gasteiger partial charge in [-0.25, -0.2) is 0 Å². The number of carboxylic acids is 2. The minimum atomic E-state index is -6.23. The van der Waals surface area contributed by atoms with Crippen LogP contribution in [0.5, 0.6) is 0 Å². The van der Waals surface area contributed by atoms with E-state index in [1.165, 1.54) is 0 Å². The highest BCUT2D eigenvalue weighted by Gasteiger charge is 2.68. The van der Waals surface area contributed by atoms with Crippen LogP contribution in [0.2, 0.25) is 0 Å². The summed E-state index contributed by atoms with van der Waals surface area (Å²) in [4.78, 5) is 18.6. The Labute approximate surface area is 254 Å². The van der Waals surface area contributed by atoms with Gasteiger partial charge in [0.2, 0.25) is 0 Å². The Kier molecular flexibility index (Phi) is 22.3. The zero-order valence-corrected chi connectivity index (χ0v) is 25.4. The third kappa shape index (κ3) is 24.0. The van der Waals surface area contributed by atoms with Gasteiger partial charge in [-0.2, -0.15) is 69.9 Å². The monoisotopic (exact) mass is 740 g/mol. The minimum Gasteiger partial charge on any atom is -0.481 e. The second-order valence-electron chi connectivity index (χ2n) is 8.99. The number of halogens is 14. The molecule has 46 heavy (non-hydrogen) atoms. The fourth-order valence-corrected chi connectivity index (χ4v) is 2.17. The number of hydrogen-bond acceptors (Lipinski definition) is 6. The van der Waals surface area contributed by atoms with Gasteiger partial charge in [-0.15, -0.1) is 0 Å². The van der Waals surface area contributed by atoms with Crippen molar-refractivity contribution in [3.05, 3.63) is 0 Å². The molecule has 2 atom stereocenters. The van der Waals surface area contributed by atoms with Crippen molar-refractivity contribution in [1.82, 2.24) is 0 Å². The Bertz CT molecular complexity index is 960. The number of alkyl halides is 14. The molecule has 280 valence electrons. The van der Waals surface area contributed by atoms with E-state index in [2.05, 4.69) is 9.47 Å². The van der Waals surface area contributed by atoms with E-state index >= 15 is 0 Å². The van der Waals surface area contributed by atoms with E-state index in [4.69, 9.17) is 19.6 Å². The summed E-state index contributed by atoms with van der Waals surface area (Å²) in [5.74, 6) is -10.7. The quantitative estimate of drug-likeness (QED) is 0.110. The first-order valence-corrected chi connectivity index (χ1v) is 13.8. The van der Waals surface area contributed by atoms with Crippen molar-refractivity contribution in [3.8, 4) is 0 Å². The van der Waals surface area contributed by atoms with Crippen LogP contribution in [0.1, 0.15) is 73.1 Å². The molecule has 0 bridgehead atoms. The third-order valence-corrected chi connectivity index (χ3v) is 5.12. The minimum absolute atomic E-state index is 0.00562. The average Bonchev–Trinajstić information content (AvgIpc) is 3.58. The smallest absolute Gasteiger partial charge is 0.459 e. The highest BCUT2D eigenvalue weighted by molar-refractivity contribution is 7.86. The lowest BCUT2D eigenvalue weighted by molar-refractivity contribution is -0.333. The van der Waals surface area contributed by atoms with Crippen molar-refractivity contribution in [2.24, 2.45) is 0 Å². The van der Waals surface area contributed by atoms with Crippen molar-refractivity contribution in [2.75, 3.05) is 6.61 Å². The van der Waals surface area contributed by atoms with Crippen molar-refractivity contribution < 1.29 is 104 Å². The fraction of sp³-hybridized carbons (Fsp3) is 0.909. The van der Waals surface area contributed by atoms with Crippen molar-refractivity contribution in [2.45, 2.75) is 121 Å². The molecule has 24 heteroatoms. The fourth-order valence-electron chi connectivity index (χ4n) is 1.82. The molecule has 1 aliphatic heterocycles. The van der Waals surface area contributed by atoms with E-state index in [-0.39, 0.29) is 20.0 Å². The molecule has 0 aromatic carbocycles. The first kappa shape index (κ1) is 50.6. The van der Waals surface area contributed by atoms with Gasteiger partial charge < -0.3 is 19.7 Å². The van der Waals surface area contributed by atoms with Crippen molar-refractivity contribution >= 4 is 22.1 Å². The van der Waals surface area contributed by atoms with Crippen LogP contribution < -0.4 is 0 Å². The van der Waals surface area contributed by atoms with E-state index in [1.54, 1.807) is 6.92 Å². The number of aliphatic carboxylic acids is 2. The normalized spacial score (nSPS) is 16.0. The Balaban J connectivity index is -0.000000262. The lowest BCUT2D eigenvalue weighted by atomic mass is 10.2. The van der Waals surface area contributed by atoms with Gasteiger partial charge in [0.1, 0.15) is 0 Å². The molecule has 0 saturated carbocycles. The summed E-state index contributed by atoms with van der Waals surface area (Å²) in [6.45, 7) is 5.62. The molecule has 1 aliphatic rings. The molecule has 0 aliphatic carbocycles. The van der Waals surface area contributed by atoms with E-state index < -0.39 is 76.2 Å². The van der Waals surface area contributed by atoms with Crippen LogP contribution in [-0.4, -0.2) is 89.5 Å². The van der Waals surface area contributed by atoms with Crippen LogP contribution in [0, 0.1) is 0 Å². The topological polar surface area (TPSA) is 151 Å². The van der Waals surface area contributed by atoms with Crippen molar-refractivity contribution in [3.63, 3.8) is 0 Å². The molecule has 1 heterocycles. The molecule has 1 saturated heterocycles. The van der Waals surface area contributed by atoms with Gasteiger partial charge in [0, 0.05) is 26.7 Å². The highest BCUT2D eigenvalue weighted by atomic mass is 32.2. The Hall–Kier alpha value is -2.21. The lowest BCUT2D eigenvalue weighted by Gasteiger charge is -2.26. The predicted octanol–water partition coefficient (Wildman–Crippen LogP) is 7.79. The van der Waals surface area contributed by atoms with Crippen LogP contribution in [0.25, 0.3) is 0 Å². The summed E-state index contributed by atoms with van der Waals surface area (Å²) in [6.07, 6.45) is -17.3. The average molecular weight is 741 g/mol. The van der Waals surface area contributed by atoms with Crippen molar-refractivity contribution in [1.29, 1.82) is 0 Å². The molecule has 0 aromatic heterocycles. The van der Waals surface area contributed by atoms with Gasteiger partial charge in [0.05, 0.1) is 18.8 Å². The second-order valence-corrected chi connectivity index (χ2v) is 10.5. The van der Waals surface area contributed by atoms with Gasteiger partial charge in [0.15, 0.2) is 0 Å². The molecule has 9 nitrogen and oxygen atoms in total. The van der Waals surface area contributed by atoms with Crippen LogP contribution in [-0.2, 0) is 29.2 Å². The SMILES string of the molecule is CC(=O)O.CC(F)(F)C(F)(F)F.CCCC(=O)O.CCCCC(C)OC(F)(F)C(F)(F)S(=O)(=O)O.FC(F)(F)C(F)(F)CC1CO1. The van der Waals surface area contributed by atoms with Crippen LogP contribution >= 0.6 is 0 Å². The van der Waals surface area contributed by atoms with E-state index in [0.717, 1.165) is 20.3 Å². The zero-order valence-electron chi connectivity index (χ0n) is 24.6. The maximum Gasteiger partial charge on any atom is 0.459 e. The summed E-state index contributed by atoms with van der Waals surface area (Å²) in [6, 6.07) is 0. The highest BCUT2D eigenvalue weighted by Crippen LogP contribution is 2.41. The largest absolute Gasteiger partial charge is 0.481 e. The number of ether oxygens (including phenoxy) is 2. The number of hydrogen-bond donors (Lipinski definition) is 3. The third-order valence-electron chi connectivity index (χ3n) is 4.24. The summed E-state index contributed by atoms with van der Waals surface area (Å²) < 4.78 is 200. The summed E-state index contributed by atoms with van der Waals surface area (Å²) in [5, 5.41) is 9.66. The van der Waals surface area contributed by atoms with Gasteiger partial charge >= 0.3 is 51.6 Å². The molecule has 0 radical (unpaired) electrons. The maximum atomic E-state index is 12.9. The van der Waals surface area contributed by atoms with E-state index in [0.29, 0.717) is 19.3 Å². The zero-order chi connectivity index (χ0) is 38.2. The molecule has 2 unspecified atom stereocenters. The Morgan fingerprint density at radius 2 is 1.24 bits per heavy atom. The number of epoxide rings is 1. The van der Waals surface area contributed by atoms with Gasteiger partial charge in [0.25, 0.3) is 5.97 Å². The molecule has 1 fully saturated rings. The molecule has 1 rings (SSSR count). The molecule has 0 spiro atoms. The Morgan fingerprint density at radius 3 is 1.43 bits per heavy atom. The molecule has 0 aromatic rings. The number of unbranched alkanes of at least 4 members (excludes halogenated alkanes) is 1. The second kappa shape index (κ2) is 20.2. The summed E-state index contributed by atoms with van der Waals surface area (Å²) in [5.41, 5.74) is 0. The maximum absolute atomic E-state index is 12.9. The first-order valence-electron chi connectivity index (χ1n) is 12.4. The van der Waals surface area contributed by atoms with Crippen LogP contribution in [0.15, 0.2) is 0 Å². The number of carboxylic acid groups (broad SMARTS) is 2. The van der Waals surface area contributed by atoms with Crippen LogP contribution in [0.4, 0.5) is 61.5 Å². The summed E-state index contributed by atoms with van der Waals surface area (Å²) in [7, 11) is -6.23. The standard InChI is InChI=1S/C8H14F4O4S.C5H5F5O.C4H8O2.C3H3F5.C2H4O2/c1-3-4-5-6(2)16-7(9,10)8(11,12)17(13,14)15;6-4(7,5(8,9)10)1-3-2-11-3;1-2-3-4(5)6;1-2(4,5)3(6,7)8;1-2(3)4/h6H,3-5H2,1-2H3,(H,13,14,15);3H,1-2H2;2-3H2,1H3,(H,5,6);1H3;1H3,(H,3,4). The lowest BCUT2D eigenvalue weighted by Crippen LogP contribution is -2.49. The predicted molar refractivity (Wildman–Crippen MR) is 129 cm³/mol. The molecule has 0 amide bonds. The molecular formula is C22H34F14O9S. The molecule has 3 N–H and O–H groups in total. The van der Waals surface area contributed by atoms with E-state index in [9.17, 15) is 74.7 Å². The van der Waals surface area contributed by atoms with Gasteiger partial charge in [-0.05, 0) is 19.8 Å². The van der Waals surface area contributed by atoms with Gasteiger partial charge in [-0.3, -0.25) is 14.1 Å². The molecular weight excluding hydrogens is 706 g/mol. The van der Waals surface area contributed by atoms with Crippen LogP contribution in [0.3, 0.4) is 0 Å². The number of rotatable bonds is 11.